The molecule has 0 aliphatic carbocycles. The molecule has 15 heavy (non-hydrogen) atoms. The second-order valence-corrected chi connectivity index (χ2v) is 4.14. The molecule has 4 nitrogen and oxygen atoms in total. The molecule has 2 heterocycles. The lowest BCUT2D eigenvalue weighted by Gasteiger charge is -2.05. The minimum Gasteiger partial charge on any atom is -0.470 e. The van der Waals surface area contributed by atoms with Crippen LogP contribution < -0.4 is 10.5 Å². The van der Waals surface area contributed by atoms with Crippen LogP contribution in [0.25, 0.3) is 0 Å². The van der Waals surface area contributed by atoms with Crippen LogP contribution in [0.3, 0.4) is 0 Å². The summed E-state index contributed by atoms with van der Waals surface area (Å²) < 4.78 is 5.41. The van der Waals surface area contributed by atoms with E-state index >= 15 is 0 Å². The van der Waals surface area contributed by atoms with Crippen molar-refractivity contribution in [2.24, 2.45) is 0 Å². The molecule has 0 aliphatic heterocycles. The molecule has 2 rings (SSSR count). The van der Waals surface area contributed by atoms with Gasteiger partial charge in [-0.25, -0.2) is 4.98 Å². The van der Waals surface area contributed by atoms with Gasteiger partial charge < -0.3 is 10.5 Å². The SMILES string of the molecule is Nc1cnc(Cl)nc1OCc1cccs1. The van der Waals surface area contributed by atoms with Gasteiger partial charge in [-0.2, -0.15) is 4.98 Å². The van der Waals surface area contributed by atoms with E-state index in [4.69, 9.17) is 22.1 Å². The lowest BCUT2D eigenvalue weighted by atomic mass is 10.5. The summed E-state index contributed by atoms with van der Waals surface area (Å²) in [5, 5.41) is 2.11. The van der Waals surface area contributed by atoms with Gasteiger partial charge in [-0.1, -0.05) is 6.07 Å². The molecule has 2 aromatic rings. The summed E-state index contributed by atoms with van der Waals surface area (Å²) in [7, 11) is 0. The van der Waals surface area contributed by atoms with Crippen LogP contribution in [0.4, 0.5) is 5.69 Å². The Morgan fingerprint density at radius 1 is 1.53 bits per heavy atom. The van der Waals surface area contributed by atoms with Gasteiger partial charge in [-0.05, 0) is 23.0 Å². The van der Waals surface area contributed by atoms with Gasteiger partial charge in [0.2, 0.25) is 11.2 Å². The number of nitrogens with two attached hydrogens (primary N) is 1. The van der Waals surface area contributed by atoms with Crippen molar-refractivity contribution in [1.82, 2.24) is 9.97 Å². The third kappa shape index (κ3) is 2.57. The lowest BCUT2D eigenvalue weighted by molar-refractivity contribution is 0.298. The average Bonchev–Trinajstić information content (AvgIpc) is 2.72. The molecule has 0 spiro atoms. The van der Waals surface area contributed by atoms with Crippen molar-refractivity contribution in [1.29, 1.82) is 0 Å². The van der Waals surface area contributed by atoms with Crippen LogP contribution in [0.15, 0.2) is 23.7 Å². The van der Waals surface area contributed by atoms with Gasteiger partial charge in [0, 0.05) is 4.88 Å². The summed E-state index contributed by atoms with van der Waals surface area (Å²) in [5.74, 6) is 0.323. The zero-order chi connectivity index (χ0) is 10.7. The Hall–Kier alpha value is -1.33. The van der Waals surface area contributed by atoms with Crippen molar-refractivity contribution in [3.63, 3.8) is 0 Å². The molecule has 2 N–H and O–H groups in total. The highest BCUT2D eigenvalue weighted by Gasteiger charge is 2.04. The van der Waals surface area contributed by atoms with E-state index in [1.807, 2.05) is 17.5 Å². The maximum atomic E-state index is 5.62. The van der Waals surface area contributed by atoms with Crippen LogP contribution in [0.2, 0.25) is 5.28 Å². The van der Waals surface area contributed by atoms with Crippen molar-refractivity contribution < 1.29 is 4.74 Å². The number of aromatic nitrogens is 2. The Kier molecular flexibility index (Phi) is 3.03. The Morgan fingerprint density at radius 2 is 2.40 bits per heavy atom. The van der Waals surface area contributed by atoms with Gasteiger partial charge in [-0.15, -0.1) is 11.3 Å². The molecule has 6 heteroatoms. The van der Waals surface area contributed by atoms with E-state index < -0.39 is 0 Å². The first-order valence-electron chi connectivity index (χ1n) is 4.19. The smallest absolute Gasteiger partial charge is 0.241 e. The summed E-state index contributed by atoms with van der Waals surface area (Å²) >= 11 is 7.23. The second-order valence-electron chi connectivity index (χ2n) is 2.77. The molecule has 0 saturated carbocycles. The van der Waals surface area contributed by atoms with Gasteiger partial charge in [0.15, 0.2) is 0 Å². The van der Waals surface area contributed by atoms with Crippen molar-refractivity contribution in [2.75, 3.05) is 5.73 Å². The predicted octanol–water partition coefficient (Wildman–Crippen LogP) is 2.35. The number of hydrogen-bond acceptors (Lipinski definition) is 5. The predicted molar refractivity (Wildman–Crippen MR) is 60.1 cm³/mol. The fourth-order valence-electron chi connectivity index (χ4n) is 1.01. The van der Waals surface area contributed by atoms with E-state index in [0.717, 1.165) is 4.88 Å². The van der Waals surface area contributed by atoms with Crippen molar-refractivity contribution in [2.45, 2.75) is 6.61 Å². The number of hydrogen-bond donors (Lipinski definition) is 1. The molecule has 0 aliphatic rings. The van der Waals surface area contributed by atoms with Gasteiger partial charge >= 0.3 is 0 Å². The van der Waals surface area contributed by atoms with E-state index in [0.29, 0.717) is 18.2 Å². The van der Waals surface area contributed by atoms with Gasteiger partial charge in [-0.3, -0.25) is 0 Å². The van der Waals surface area contributed by atoms with Gasteiger partial charge in [0.25, 0.3) is 0 Å². The fraction of sp³-hybridized carbons (Fsp3) is 0.111. The number of nitrogen functional groups attached to an aromatic ring is 1. The first kappa shape index (κ1) is 10.2. The zero-order valence-corrected chi connectivity index (χ0v) is 9.26. The normalized spacial score (nSPS) is 10.2. The monoisotopic (exact) mass is 241 g/mol. The molecule has 0 bridgehead atoms. The number of halogens is 1. The quantitative estimate of drug-likeness (QED) is 0.838. The summed E-state index contributed by atoms with van der Waals surface area (Å²) in [6, 6.07) is 3.93. The molecular formula is C9H8ClN3OS. The Labute approximate surface area is 95.7 Å². The number of ether oxygens (including phenoxy) is 1. The number of thiophene rings is 1. The molecule has 0 fully saturated rings. The Balaban J connectivity index is 2.07. The molecule has 0 amide bonds. The summed E-state index contributed by atoms with van der Waals surface area (Å²) in [4.78, 5) is 8.72. The average molecular weight is 242 g/mol. The van der Waals surface area contributed by atoms with Gasteiger partial charge in [0.1, 0.15) is 12.3 Å². The number of nitrogens with zero attached hydrogens (tertiary/aromatic N) is 2. The third-order valence-corrected chi connectivity index (χ3v) is 2.71. The van der Waals surface area contributed by atoms with Crippen molar-refractivity contribution >= 4 is 28.6 Å². The van der Waals surface area contributed by atoms with Crippen LogP contribution in [-0.2, 0) is 6.61 Å². The van der Waals surface area contributed by atoms with Crippen molar-refractivity contribution in [3.05, 3.63) is 33.9 Å². The van der Waals surface area contributed by atoms with Crippen molar-refractivity contribution in [3.8, 4) is 5.88 Å². The summed E-state index contributed by atoms with van der Waals surface area (Å²) in [5.41, 5.74) is 6.01. The minimum atomic E-state index is 0.130. The first-order chi connectivity index (χ1) is 7.25. The summed E-state index contributed by atoms with van der Waals surface area (Å²) in [6.45, 7) is 0.440. The van der Waals surface area contributed by atoms with Gasteiger partial charge in [0.05, 0.1) is 6.20 Å². The lowest BCUT2D eigenvalue weighted by Crippen LogP contribution is -2.00. The molecule has 0 aromatic carbocycles. The molecule has 0 radical (unpaired) electrons. The number of rotatable bonds is 3. The number of anilines is 1. The highest BCUT2D eigenvalue weighted by molar-refractivity contribution is 7.09. The second kappa shape index (κ2) is 4.46. The zero-order valence-electron chi connectivity index (χ0n) is 7.68. The minimum absolute atomic E-state index is 0.130. The Morgan fingerprint density at radius 3 is 3.13 bits per heavy atom. The largest absolute Gasteiger partial charge is 0.470 e. The van der Waals surface area contributed by atoms with Crippen LogP contribution in [0.5, 0.6) is 5.88 Å². The van der Waals surface area contributed by atoms with E-state index in [9.17, 15) is 0 Å². The molecule has 0 atom stereocenters. The molecule has 0 saturated heterocycles. The molecule has 78 valence electrons. The summed E-state index contributed by atoms with van der Waals surface area (Å²) in [6.07, 6.45) is 1.43. The molecule has 2 aromatic heterocycles. The van der Waals surface area contributed by atoms with E-state index in [1.165, 1.54) is 6.20 Å². The van der Waals surface area contributed by atoms with Crippen LogP contribution in [0.1, 0.15) is 4.88 Å². The highest BCUT2D eigenvalue weighted by Crippen LogP contribution is 2.20. The topological polar surface area (TPSA) is 61.0 Å². The van der Waals surface area contributed by atoms with Crippen LogP contribution >= 0.6 is 22.9 Å². The fourth-order valence-corrected chi connectivity index (χ4v) is 1.75. The Bertz CT molecular complexity index is 447. The third-order valence-electron chi connectivity index (χ3n) is 1.68. The van der Waals surface area contributed by atoms with E-state index in [2.05, 4.69) is 9.97 Å². The standard InChI is InChI=1S/C9H8ClN3OS/c10-9-12-4-7(11)8(13-9)14-5-6-2-1-3-15-6/h1-4H,5,11H2. The maximum absolute atomic E-state index is 5.62. The van der Waals surface area contributed by atoms with E-state index in [-0.39, 0.29) is 5.28 Å². The molecular weight excluding hydrogens is 234 g/mol. The maximum Gasteiger partial charge on any atom is 0.241 e. The molecule has 0 unspecified atom stereocenters. The highest BCUT2D eigenvalue weighted by atomic mass is 35.5. The van der Waals surface area contributed by atoms with E-state index in [1.54, 1.807) is 11.3 Å². The van der Waals surface area contributed by atoms with Crippen LogP contribution in [-0.4, -0.2) is 9.97 Å². The first-order valence-corrected chi connectivity index (χ1v) is 5.44. The van der Waals surface area contributed by atoms with Crippen LogP contribution in [0, 0.1) is 0 Å².